The number of nitrogens with zero attached hydrogens (tertiary/aromatic N) is 1. The van der Waals surface area contributed by atoms with E-state index in [-0.39, 0.29) is 18.2 Å². The van der Waals surface area contributed by atoms with Crippen LogP contribution < -0.4 is 15.4 Å². The molecule has 2 amide bonds. The minimum atomic E-state index is -0.889. The number of carbonyl (C=O) groups is 2. The lowest BCUT2D eigenvalue weighted by Crippen LogP contribution is -2.39. The summed E-state index contributed by atoms with van der Waals surface area (Å²) in [6.07, 6.45) is 3.03. The number of ether oxygens (including phenoxy) is 1. The molecule has 27 heavy (non-hydrogen) atoms. The van der Waals surface area contributed by atoms with Crippen molar-refractivity contribution >= 4 is 33.8 Å². The molecule has 0 fully saturated rings. The summed E-state index contributed by atoms with van der Waals surface area (Å²) in [6, 6.07) is 7.74. The molecule has 1 aromatic carbocycles. The summed E-state index contributed by atoms with van der Waals surface area (Å²) in [5, 5.41) is 15.7. The quantitative estimate of drug-likeness (QED) is 0.851. The largest absolute Gasteiger partial charge is 0.478 e. The van der Waals surface area contributed by atoms with E-state index >= 15 is 0 Å². The van der Waals surface area contributed by atoms with Gasteiger partial charge < -0.3 is 15.4 Å². The van der Waals surface area contributed by atoms with Gasteiger partial charge in [-0.2, -0.15) is 5.26 Å². The van der Waals surface area contributed by atoms with E-state index in [1.54, 1.807) is 6.07 Å². The Morgan fingerprint density at radius 2 is 2.22 bits per heavy atom. The van der Waals surface area contributed by atoms with Crippen LogP contribution in [-0.2, 0) is 22.4 Å². The van der Waals surface area contributed by atoms with Gasteiger partial charge in [-0.15, -0.1) is 11.3 Å². The highest BCUT2D eigenvalue weighted by Gasteiger charge is 2.30. The highest BCUT2D eigenvalue weighted by Crippen LogP contribution is 2.38. The third kappa shape index (κ3) is 3.40. The van der Waals surface area contributed by atoms with E-state index in [1.165, 1.54) is 16.2 Å². The van der Waals surface area contributed by atoms with Crippen molar-refractivity contribution in [3.8, 4) is 11.8 Å². The summed E-state index contributed by atoms with van der Waals surface area (Å²) in [4.78, 5) is 26.0. The van der Waals surface area contributed by atoms with Crippen LogP contribution in [0.2, 0.25) is 0 Å². The normalized spacial score (nSPS) is 17.8. The van der Waals surface area contributed by atoms with Crippen molar-refractivity contribution in [1.29, 1.82) is 5.26 Å². The zero-order valence-electron chi connectivity index (χ0n) is 14.9. The first-order valence-electron chi connectivity index (χ1n) is 8.98. The van der Waals surface area contributed by atoms with E-state index < -0.39 is 6.10 Å². The molecule has 138 valence electrons. The molecule has 1 unspecified atom stereocenters. The maximum atomic E-state index is 12.5. The van der Waals surface area contributed by atoms with Crippen LogP contribution in [0.3, 0.4) is 0 Å². The van der Waals surface area contributed by atoms with E-state index in [4.69, 9.17) is 4.74 Å². The molecule has 6 nitrogen and oxygen atoms in total. The van der Waals surface area contributed by atoms with Gasteiger partial charge in [0.25, 0.3) is 5.91 Å². The molecular formula is C20H19N3O3S. The van der Waals surface area contributed by atoms with Gasteiger partial charge in [-0.3, -0.25) is 9.59 Å². The minimum absolute atomic E-state index is 0.105. The smallest absolute Gasteiger partial charge is 0.266 e. The lowest BCUT2D eigenvalue weighted by atomic mass is 9.96. The Balaban J connectivity index is 1.47. The van der Waals surface area contributed by atoms with Crippen LogP contribution in [-0.4, -0.2) is 17.9 Å². The number of rotatable bonds is 3. The van der Waals surface area contributed by atoms with Crippen molar-refractivity contribution in [1.82, 2.24) is 0 Å². The van der Waals surface area contributed by atoms with Crippen LogP contribution in [0.5, 0.6) is 5.75 Å². The average molecular weight is 381 g/mol. The second kappa shape index (κ2) is 7.05. The Labute approximate surface area is 161 Å². The first kappa shape index (κ1) is 17.6. The Kier molecular flexibility index (Phi) is 4.58. The molecule has 2 aromatic rings. The Morgan fingerprint density at radius 1 is 1.41 bits per heavy atom. The second-order valence-electron chi connectivity index (χ2n) is 6.87. The number of thiophene rings is 1. The van der Waals surface area contributed by atoms with Crippen LogP contribution in [0.1, 0.15) is 40.8 Å². The number of amides is 2. The Morgan fingerprint density at radius 3 is 3.04 bits per heavy atom. The van der Waals surface area contributed by atoms with Crippen LogP contribution in [0.15, 0.2) is 18.2 Å². The molecule has 0 saturated carbocycles. The fourth-order valence-corrected chi connectivity index (χ4v) is 4.77. The van der Waals surface area contributed by atoms with Gasteiger partial charge in [0.2, 0.25) is 5.91 Å². The Bertz CT molecular complexity index is 974. The molecule has 0 bridgehead atoms. The Hall–Kier alpha value is -2.85. The van der Waals surface area contributed by atoms with E-state index in [0.29, 0.717) is 22.0 Å². The third-order valence-corrected chi connectivity index (χ3v) is 6.07. The van der Waals surface area contributed by atoms with Gasteiger partial charge in [-0.05, 0) is 55.9 Å². The number of anilines is 2. The number of aryl methyl sites for hydroxylation is 2. The van der Waals surface area contributed by atoms with Crippen LogP contribution in [0.4, 0.5) is 10.7 Å². The van der Waals surface area contributed by atoms with Gasteiger partial charge in [-0.25, -0.2) is 0 Å². The molecule has 1 aliphatic carbocycles. The predicted molar refractivity (Wildman–Crippen MR) is 103 cm³/mol. The SMILES string of the molecule is Cc1ccc2c(c1)NC(=O)C(CC(=O)Nc1sc3c(c1C#N)CCCC3)O2. The summed E-state index contributed by atoms with van der Waals surface area (Å²) in [6.45, 7) is 1.93. The van der Waals surface area contributed by atoms with Gasteiger partial charge in [0.05, 0.1) is 17.7 Å². The van der Waals surface area contributed by atoms with Crippen molar-refractivity contribution < 1.29 is 14.3 Å². The molecule has 0 saturated heterocycles. The number of benzene rings is 1. The molecule has 1 atom stereocenters. The standard InChI is InChI=1S/C20H19N3O3S/c1-11-6-7-15-14(8-11)22-19(25)16(26-15)9-18(24)23-20-13(10-21)12-4-2-3-5-17(12)27-20/h6-8,16H,2-5,9H2,1H3,(H,22,25)(H,23,24). The monoisotopic (exact) mass is 381 g/mol. The molecule has 2 aliphatic rings. The lowest BCUT2D eigenvalue weighted by molar-refractivity contribution is -0.128. The van der Waals surface area contributed by atoms with Gasteiger partial charge in [0.1, 0.15) is 16.8 Å². The van der Waals surface area contributed by atoms with E-state index in [9.17, 15) is 14.9 Å². The summed E-state index contributed by atoms with van der Waals surface area (Å²) < 4.78 is 5.71. The number of nitriles is 1. The van der Waals surface area contributed by atoms with E-state index in [2.05, 4.69) is 16.7 Å². The molecule has 2 heterocycles. The zero-order chi connectivity index (χ0) is 19.0. The molecule has 1 aromatic heterocycles. The van der Waals surface area contributed by atoms with Crippen molar-refractivity contribution in [3.05, 3.63) is 39.8 Å². The average Bonchev–Trinajstić information content (AvgIpc) is 2.99. The number of nitrogens with one attached hydrogen (secondary N) is 2. The fourth-order valence-electron chi connectivity index (χ4n) is 3.52. The maximum Gasteiger partial charge on any atom is 0.266 e. The van der Waals surface area contributed by atoms with Gasteiger partial charge >= 0.3 is 0 Å². The van der Waals surface area contributed by atoms with Crippen molar-refractivity contribution in [2.75, 3.05) is 10.6 Å². The molecule has 1 aliphatic heterocycles. The molecule has 4 rings (SSSR count). The molecular weight excluding hydrogens is 362 g/mol. The summed E-state index contributed by atoms with van der Waals surface area (Å²) >= 11 is 1.47. The first-order chi connectivity index (χ1) is 13.0. The molecule has 2 N–H and O–H groups in total. The number of hydrogen-bond acceptors (Lipinski definition) is 5. The van der Waals surface area contributed by atoms with E-state index in [1.807, 2.05) is 19.1 Å². The van der Waals surface area contributed by atoms with Crippen molar-refractivity contribution in [2.24, 2.45) is 0 Å². The van der Waals surface area contributed by atoms with Crippen molar-refractivity contribution in [2.45, 2.75) is 45.1 Å². The molecule has 0 spiro atoms. The lowest BCUT2D eigenvalue weighted by Gasteiger charge is -2.25. The minimum Gasteiger partial charge on any atom is -0.478 e. The summed E-state index contributed by atoms with van der Waals surface area (Å²) in [7, 11) is 0. The zero-order valence-corrected chi connectivity index (χ0v) is 15.7. The second-order valence-corrected chi connectivity index (χ2v) is 7.98. The predicted octanol–water partition coefficient (Wildman–Crippen LogP) is 3.54. The van der Waals surface area contributed by atoms with Crippen LogP contribution in [0.25, 0.3) is 0 Å². The van der Waals surface area contributed by atoms with Gasteiger partial charge in [0.15, 0.2) is 6.10 Å². The number of fused-ring (bicyclic) bond motifs is 2. The third-order valence-electron chi connectivity index (χ3n) is 4.86. The van der Waals surface area contributed by atoms with Gasteiger partial charge in [0, 0.05) is 4.88 Å². The highest BCUT2D eigenvalue weighted by atomic mass is 32.1. The first-order valence-corrected chi connectivity index (χ1v) is 9.79. The summed E-state index contributed by atoms with van der Waals surface area (Å²) in [5.74, 6) is -0.114. The number of hydrogen-bond donors (Lipinski definition) is 2. The maximum absolute atomic E-state index is 12.5. The van der Waals surface area contributed by atoms with Crippen LogP contribution in [0, 0.1) is 18.3 Å². The van der Waals surface area contributed by atoms with E-state index in [0.717, 1.165) is 36.8 Å². The molecule has 0 radical (unpaired) electrons. The number of carbonyl (C=O) groups excluding carboxylic acids is 2. The highest BCUT2D eigenvalue weighted by molar-refractivity contribution is 7.16. The fraction of sp³-hybridized carbons (Fsp3) is 0.350. The molecule has 7 heteroatoms. The van der Waals surface area contributed by atoms with Crippen molar-refractivity contribution in [3.63, 3.8) is 0 Å². The van der Waals surface area contributed by atoms with Crippen LogP contribution >= 0.6 is 11.3 Å². The topological polar surface area (TPSA) is 91.2 Å². The van der Waals surface area contributed by atoms with Gasteiger partial charge in [-0.1, -0.05) is 6.07 Å². The summed E-state index contributed by atoms with van der Waals surface area (Å²) in [5.41, 5.74) is 3.27.